The molecule has 3 rings (SSSR count). The number of aromatic nitrogens is 2. The van der Waals surface area contributed by atoms with Crippen molar-refractivity contribution in [3.63, 3.8) is 0 Å². The van der Waals surface area contributed by atoms with Crippen LogP contribution >= 0.6 is 11.3 Å². The molecule has 0 bridgehead atoms. The Morgan fingerprint density at radius 3 is 3.00 bits per heavy atom. The first-order chi connectivity index (χ1) is 9.42. The Morgan fingerprint density at radius 1 is 1.21 bits per heavy atom. The van der Waals surface area contributed by atoms with Gasteiger partial charge < -0.3 is 10.3 Å². The summed E-state index contributed by atoms with van der Waals surface area (Å²) in [4.78, 5) is 7.94. The molecule has 1 aromatic carbocycles. The molecule has 2 aromatic heterocycles. The fourth-order valence-corrected chi connectivity index (χ4v) is 2.80. The van der Waals surface area contributed by atoms with Crippen molar-refractivity contribution >= 4 is 22.4 Å². The Balaban J connectivity index is 1.44. The van der Waals surface area contributed by atoms with Crippen LogP contribution in [0.1, 0.15) is 17.8 Å². The molecule has 4 heteroatoms. The molecule has 0 aliphatic rings. The summed E-state index contributed by atoms with van der Waals surface area (Å²) >= 11 is 1.75. The quantitative estimate of drug-likeness (QED) is 0.675. The highest BCUT2D eigenvalue weighted by atomic mass is 32.1. The van der Waals surface area contributed by atoms with Gasteiger partial charge in [-0.1, -0.05) is 12.1 Å². The molecule has 0 radical (unpaired) electrons. The molecule has 0 aliphatic heterocycles. The Kier molecular flexibility index (Phi) is 3.91. The van der Waals surface area contributed by atoms with Crippen LogP contribution < -0.4 is 5.32 Å². The average Bonchev–Trinajstić information content (AvgIpc) is 3.06. The van der Waals surface area contributed by atoms with Crippen molar-refractivity contribution in [2.75, 3.05) is 6.54 Å². The molecule has 0 amide bonds. The molecule has 2 N–H and O–H groups in total. The minimum absolute atomic E-state index is 0.962. The van der Waals surface area contributed by atoms with E-state index in [0.29, 0.717) is 0 Å². The van der Waals surface area contributed by atoms with Crippen molar-refractivity contribution in [2.24, 2.45) is 0 Å². The minimum atomic E-state index is 0.962. The zero-order chi connectivity index (χ0) is 12.9. The number of hydrogen-bond donors (Lipinski definition) is 2. The number of H-pyrrole nitrogens is 1. The molecule has 0 atom stereocenters. The number of aromatic amines is 1. The third-order valence-corrected chi connectivity index (χ3v) is 3.85. The van der Waals surface area contributed by atoms with E-state index in [1.807, 2.05) is 18.2 Å². The lowest BCUT2D eigenvalue weighted by Gasteiger charge is -2.01. The van der Waals surface area contributed by atoms with Crippen LogP contribution in [0.3, 0.4) is 0 Å². The lowest BCUT2D eigenvalue weighted by Crippen LogP contribution is -2.15. The minimum Gasteiger partial charge on any atom is -0.342 e. The molecule has 0 saturated carbocycles. The molecule has 3 aromatic rings. The summed E-state index contributed by atoms with van der Waals surface area (Å²) in [5, 5.41) is 7.76. The van der Waals surface area contributed by atoms with Crippen LogP contribution in [-0.2, 0) is 13.0 Å². The van der Waals surface area contributed by atoms with E-state index in [0.717, 1.165) is 42.8 Å². The van der Waals surface area contributed by atoms with E-state index in [9.17, 15) is 0 Å². The zero-order valence-electron chi connectivity index (χ0n) is 10.7. The highest BCUT2D eigenvalue weighted by molar-refractivity contribution is 7.07. The number of nitrogens with one attached hydrogen (secondary N) is 2. The highest BCUT2D eigenvalue weighted by Crippen LogP contribution is 2.11. The van der Waals surface area contributed by atoms with Crippen LogP contribution in [0.25, 0.3) is 11.0 Å². The number of fused-ring (bicyclic) bond motifs is 1. The van der Waals surface area contributed by atoms with E-state index in [1.165, 1.54) is 5.56 Å². The first-order valence-electron chi connectivity index (χ1n) is 6.57. The third kappa shape index (κ3) is 3.22. The van der Waals surface area contributed by atoms with Gasteiger partial charge in [0.25, 0.3) is 0 Å². The smallest absolute Gasteiger partial charge is 0.107 e. The van der Waals surface area contributed by atoms with Crippen LogP contribution in [0, 0.1) is 0 Å². The van der Waals surface area contributed by atoms with Gasteiger partial charge in [0, 0.05) is 13.0 Å². The molecule has 3 nitrogen and oxygen atoms in total. The maximum Gasteiger partial charge on any atom is 0.107 e. The van der Waals surface area contributed by atoms with Gasteiger partial charge in [0.2, 0.25) is 0 Å². The summed E-state index contributed by atoms with van der Waals surface area (Å²) in [5.41, 5.74) is 3.56. The van der Waals surface area contributed by atoms with Crippen LogP contribution in [0.4, 0.5) is 0 Å². The first kappa shape index (κ1) is 12.4. The summed E-state index contributed by atoms with van der Waals surface area (Å²) in [5.74, 6) is 1.08. The lowest BCUT2D eigenvalue weighted by molar-refractivity contribution is 0.642. The Hall–Kier alpha value is -1.65. The molecule has 0 saturated heterocycles. The molecule has 0 aliphatic carbocycles. The van der Waals surface area contributed by atoms with Gasteiger partial charge in [-0.2, -0.15) is 11.3 Å². The van der Waals surface area contributed by atoms with Crippen molar-refractivity contribution in [1.82, 2.24) is 15.3 Å². The fraction of sp³-hybridized carbons (Fsp3) is 0.267. The standard InChI is InChI=1S/C15H17N3S/c1-2-5-14-13(4-1)17-15(18-14)6-3-8-16-10-12-7-9-19-11-12/h1-2,4-5,7,9,11,16H,3,6,8,10H2,(H,17,18). The topological polar surface area (TPSA) is 40.7 Å². The van der Waals surface area contributed by atoms with Crippen LogP contribution in [0.5, 0.6) is 0 Å². The van der Waals surface area contributed by atoms with E-state index in [-0.39, 0.29) is 0 Å². The van der Waals surface area contributed by atoms with Gasteiger partial charge in [-0.05, 0) is 47.5 Å². The second kappa shape index (κ2) is 5.99. The number of benzene rings is 1. The van der Waals surface area contributed by atoms with E-state index >= 15 is 0 Å². The largest absolute Gasteiger partial charge is 0.342 e. The molecule has 2 heterocycles. The van der Waals surface area contributed by atoms with Crippen LogP contribution in [-0.4, -0.2) is 16.5 Å². The normalized spacial score (nSPS) is 11.2. The molecule has 0 unspecified atom stereocenters. The monoisotopic (exact) mass is 271 g/mol. The zero-order valence-corrected chi connectivity index (χ0v) is 11.5. The maximum atomic E-state index is 4.58. The van der Waals surface area contributed by atoms with Gasteiger partial charge in [0.05, 0.1) is 11.0 Å². The van der Waals surface area contributed by atoms with Crippen LogP contribution in [0.2, 0.25) is 0 Å². The van der Waals surface area contributed by atoms with E-state index in [1.54, 1.807) is 11.3 Å². The van der Waals surface area contributed by atoms with Gasteiger partial charge >= 0.3 is 0 Å². The number of imidazole rings is 1. The first-order valence-corrected chi connectivity index (χ1v) is 7.51. The fourth-order valence-electron chi connectivity index (χ4n) is 2.13. The van der Waals surface area contributed by atoms with Crippen molar-refractivity contribution in [2.45, 2.75) is 19.4 Å². The lowest BCUT2D eigenvalue weighted by atomic mass is 10.3. The summed E-state index contributed by atoms with van der Waals surface area (Å²) in [7, 11) is 0. The van der Waals surface area contributed by atoms with Crippen molar-refractivity contribution in [3.8, 4) is 0 Å². The SMILES string of the molecule is c1ccc2[nH]c(CCCNCc3ccsc3)nc2c1. The Labute approximate surface area is 116 Å². The second-order valence-corrected chi connectivity index (χ2v) is 5.39. The predicted molar refractivity (Wildman–Crippen MR) is 80.4 cm³/mol. The Bertz CT molecular complexity index is 595. The maximum absolute atomic E-state index is 4.58. The van der Waals surface area contributed by atoms with Gasteiger partial charge in [-0.25, -0.2) is 4.98 Å². The summed E-state index contributed by atoms with van der Waals surface area (Å²) in [6, 6.07) is 10.3. The van der Waals surface area contributed by atoms with Gasteiger partial charge in [-0.15, -0.1) is 0 Å². The molecule has 98 valence electrons. The number of para-hydroxylation sites is 2. The van der Waals surface area contributed by atoms with Crippen molar-refractivity contribution < 1.29 is 0 Å². The van der Waals surface area contributed by atoms with Crippen molar-refractivity contribution in [1.29, 1.82) is 0 Å². The molecular weight excluding hydrogens is 254 g/mol. The molecule has 0 fully saturated rings. The highest BCUT2D eigenvalue weighted by Gasteiger charge is 2.01. The van der Waals surface area contributed by atoms with E-state index in [2.05, 4.69) is 38.2 Å². The number of nitrogens with zero attached hydrogens (tertiary/aromatic N) is 1. The molecule has 0 spiro atoms. The molecule has 19 heavy (non-hydrogen) atoms. The number of hydrogen-bond acceptors (Lipinski definition) is 3. The number of aryl methyl sites for hydroxylation is 1. The van der Waals surface area contributed by atoms with E-state index < -0.39 is 0 Å². The summed E-state index contributed by atoms with van der Waals surface area (Å²) < 4.78 is 0. The van der Waals surface area contributed by atoms with Gasteiger partial charge in [0.1, 0.15) is 5.82 Å². The predicted octanol–water partition coefficient (Wildman–Crippen LogP) is 3.35. The van der Waals surface area contributed by atoms with Gasteiger partial charge in [-0.3, -0.25) is 0 Å². The van der Waals surface area contributed by atoms with Gasteiger partial charge in [0.15, 0.2) is 0 Å². The van der Waals surface area contributed by atoms with E-state index in [4.69, 9.17) is 0 Å². The third-order valence-electron chi connectivity index (χ3n) is 3.11. The number of rotatable bonds is 6. The summed E-state index contributed by atoms with van der Waals surface area (Å²) in [6.07, 6.45) is 2.09. The summed E-state index contributed by atoms with van der Waals surface area (Å²) in [6.45, 7) is 1.98. The Morgan fingerprint density at radius 2 is 2.16 bits per heavy atom. The van der Waals surface area contributed by atoms with Crippen molar-refractivity contribution in [3.05, 3.63) is 52.5 Å². The average molecular weight is 271 g/mol. The van der Waals surface area contributed by atoms with Crippen LogP contribution in [0.15, 0.2) is 41.1 Å². The molecular formula is C15H17N3S. The number of thiophene rings is 1. The second-order valence-electron chi connectivity index (χ2n) is 4.61.